The molecule has 1 N–H and O–H groups in total. The molecule has 1 aromatic carbocycles. The van der Waals surface area contributed by atoms with Crippen molar-refractivity contribution in [2.24, 2.45) is 0 Å². The van der Waals surface area contributed by atoms with Gasteiger partial charge in [0.25, 0.3) is 0 Å². The minimum Gasteiger partial charge on any atom is -0.317 e. The van der Waals surface area contributed by atoms with Crippen LogP contribution in [-0.4, -0.2) is 13.1 Å². The first-order valence-corrected chi connectivity index (χ1v) is 8.40. The molecule has 0 radical (unpaired) electrons. The van der Waals surface area contributed by atoms with Gasteiger partial charge in [-0.05, 0) is 75.4 Å². The molecule has 19 heavy (non-hydrogen) atoms. The van der Waals surface area contributed by atoms with Gasteiger partial charge < -0.3 is 5.32 Å². The fourth-order valence-electron chi connectivity index (χ4n) is 2.33. The van der Waals surface area contributed by atoms with Crippen LogP contribution in [0.4, 0.5) is 0 Å². The Hall–Kier alpha value is -0.340. The number of unbranched alkanes of at least 4 members (excludes halogenated alkanes) is 3. The standard InChI is InChI=1S/C17H28BrN/c1-4-10-19-11-8-6-5-7-9-16-12-15(3)17(18)13-14(16)2/h12-13,19H,4-11H2,1-3H3. The molecule has 108 valence electrons. The van der Waals surface area contributed by atoms with Gasteiger partial charge in [0.2, 0.25) is 0 Å². The smallest absolute Gasteiger partial charge is 0.0207 e. The molecular weight excluding hydrogens is 298 g/mol. The molecule has 0 amide bonds. The minimum absolute atomic E-state index is 1.16. The second-order valence-electron chi connectivity index (χ2n) is 5.44. The van der Waals surface area contributed by atoms with Crippen molar-refractivity contribution in [2.45, 2.75) is 59.3 Å². The monoisotopic (exact) mass is 325 g/mol. The van der Waals surface area contributed by atoms with Crippen LogP contribution in [0.15, 0.2) is 16.6 Å². The molecule has 0 aliphatic rings. The molecule has 0 heterocycles. The number of benzene rings is 1. The van der Waals surface area contributed by atoms with E-state index < -0.39 is 0 Å². The van der Waals surface area contributed by atoms with E-state index in [2.05, 4.69) is 54.2 Å². The number of halogens is 1. The second kappa shape index (κ2) is 9.55. The molecule has 0 unspecified atom stereocenters. The summed E-state index contributed by atoms with van der Waals surface area (Å²) >= 11 is 3.60. The van der Waals surface area contributed by atoms with Gasteiger partial charge in [-0.3, -0.25) is 0 Å². The summed E-state index contributed by atoms with van der Waals surface area (Å²) in [4.78, 5) is 0. The lowest BCUT2D eigenvalue weighted by Crippen LogP contribution is -2.15. The Bertz CT molecular complexity index is 374. The molecule has 0 aliphatic heterocycles. The van der Waals surface area contributed by atoms with Crippen molar-refractivity contribution in [3.63, 3.8) is 0 Å². The topological polar surface area (TPSA) is 12.0 Å². The zero-order valence-corrected chi connectivity index (χ0v) is 14.3. The van der Waals surface area contributed by atoms with Gasteiger partial charge in [0.15, 0.2) is 0 Å². The Morgan fingerprint density at radius 2 is 1.68 bits per heavy atom. The van der Waals surface area contributed by atoms with Crippen molar-refractivity contribution in [1.82, 2.24) is 5.32 Å². The van der Waals surface area contributed by atoms with E-state index in [0.29, 0.717) is 0 Å². The highest BCUT2D eigenvalue weighted by Gasteiger charge is 2.02. The van der Waals surface area contributed by atoms with E-state index >= 15 is 0 Å². The summed E-state index contributed by atoms with van der Waals surface area (Å²) in [5, 5.41) is 3.46. The SMILES string of the molecule is CCCNCCCCCCc1cc(C)c(Br)cc1C. The maximum Gasteiger partial charge on any atom is 0.0207 e. The van der Waals surface area contributed by atoms with Crippen LogP contribution >= 0.6 is 15.9 Å². The molecule has 0 saturated heterocycles. The number of rotatable bonds is 9. The van der Waals surface area contributed by atoms with Crippen molar-refractivity contribution in [3.8, 4) is 0 Å². The highest BCUT2D eigenvalue weighted by Crippen LogP contribution is 2.22. The molecule has 2 heteroatoms. The summed E-state index contributed by atoms with van der Waals surface area (Å²) in [6, 6.07) is 4.58. The lowest BCUT2D eigenvalue weighted by atomic mass is 10.00. The fourth-order valence-corrected chi connectivity index (χ4v) is 2.79. The third-order valence-electron chi connectivity index (χ3n) is 3.59. The van der Waals surface area contributed by atoms with E-state index in [1.807, 2.05) is 0 Å². The van der Waals surface area contributed by atoms with Crippen LogP contribution in [0.3, 0.4) is 0 Å². The molecule has 1 aromatic rings. The van der Waals surface area contributed by atoms with Gasteiger partial charge in [0, 0.05) is 4.47 Å². The van der Waals surface area contributed by atoms with E-state index in [1.54, 1.807) is 0 Å². The summed E-state index contributed by atoms with van der Waals surface area (Å²) in [5.41, 5.74) is 4.29. The summed E-state index contributed by atoms with van der Waals surface area (Å²) in [5.74, 6) is 0. The Kier molecular flexibility index (Phi) is 8.40. The Morgan fingerprint density at radius 1 is 0.947 bits per heavy atom. The molecule has 1 rings (SSSR count). The van der Waals surface area contributed by atoms with Crippen LogP contribution in [0.25, 0.3) is 0 Å². The Balaban J connectivity index is 2.17. The van der Waals surface area contributed by atoms with Crippen LogP contribution in [0.5, 0.6) is 0 Å². The molecule has 0 fully saturated rings. The first kappa shape index (κ1) is 16.7. The average Bonchev–Trinajstić information content (AvgIpc) is 2.38. The quantitative estimate of drug-likeness (QED) is 0.617. The van der Waals surface area contributed by atoms with Gasteiger partial charge >= 0.3 is 0 Å². The van der Waals surface area contributed by atoms with Crippen LogP contribution in [0.1, 0.15) is 55.7 Å². The molecule has 0 spiro atoms. The van der Waals surface area contributed by atoms with Crippen molar-refractivity contribution >= 4 is 15.9 Å². The van der Waals surface area contributed by atoms with Crippen LogP contribution in [0.2, 0.25) is 0 Å². The predicted molar refractivity (Wildman–Crippen MR) is 88.9 cm³/mol. The van der Waals surface area contributed by atoms with Crippen LogP contribution < -0.4 is 5.32 Å². The van der Waals surface area contributed by atoms with Gasteiger partial charge in [-0.2, -0.15) is 0 Å². The van der Waals surface area contributed by atoms with Crippen molar-refractivity contribution in [2.75, 3.05) is 13.1 Å². The molecular formula is C17H28BrN. The van der Waals surface area contributed by atoms with Gasteiger partial charge in [-0.25, -0.2) is 0 Å². The summed E-state index contributed by atoms with van der Waals surface area (Å²) in [7, 11) is 0. The van der Waals surface area contributed by atoms with Crippen LogP contribution in [0, 0.1) is 13.8 Å². The summed E-state index contributed by atoms with van der Waals surface area (Å²) in [6.07, 6.45) is 7.80. The predicted octanol–water partition coefficient (Wildman–Crippen LogP) is 5.17. The average molecular weight is 326 g/mol. The number of aryl methyl sites for hydroxylation is 3. The van der Waals surface area contributed by atoms with E-state index in [9.17, 15) is 0 Å². The highest BCUT2D eigenvalue weighted by atomic mass is 79.9. The summed E-state index contributed by atoms with van der Waals surface area (Å²) in [6.45, 7) is 8.96. The molecule has 0 aromatic heterocycles. The largest absolute Gasteiger partial charge is 0.317 e. The van der Waals surface area contributed by atoms with Crippen molar-refractivity contribution in [1.29, 1.82) is 0 Å². The number of nitrogens with one attached hydrogen (secondary N) is 1. The van der Waals surface area contributed by atoms with E-state index in [-0.39, 0.29) is 0 Å². The lowest BCUT2D eigenvalue weighted by molar-refractivity contribution is 0.584. The van der Waals surface area contributed by atoms with Gasteiger partial charge in [-0.1, -0.05) is 41.8 Å². The van der Waals surface area contributed by atoms with Gasteiger partial charge in [0.1, 0.15) is 0 Å². The van der Waals surface area contributed by atoms with Crippen molar-refractivity contribution < 1.29 is 0 Å². The Morgan fingerprint density at radius 3 is 2.42 bits per heavy atom. The van der Waals surface area contributed by atoms with E-state index in [4.69, 9.17) is 0 Å². The van der Waals surface area contributed by atoms with Gasteiger partial charge in [-0.15, -0.1) is 0 Å². The molecule has 0 atom stereocenters. The second-order valence-corrected chi connectivity index (χ2v) is 6.30. The molecule has 0 aliphatic carbocycles. The van der Waals surface area contributed by atoms with Crippen molar-refractivity contribution in [3.05, 3.63) is 33.3 Å². The fraction of sp³-hybridized carbons (Fsp3) is 0.647. The minimum atomic E-state index is 1.16. The van der Waals surface area contributed by atoms with Crippen LogP contribution in [-0.2, 0) is 6.42 Å². The zero-order chi connectivity index (χ0) is 14.1. The van der Waals surface area contributed by atoms with E-state index in [0.717, 1.165) is 6.54 Å². The van der Waals surface area contributed by atoms with E-state index in [1.165, 1.54) is 66.2 Å². The third kappa shape index (κ3) is 6.58. The number of hydrogen-bond donors (Lipinski definition) is 1. The first-order chi connectivity index (χ1) is 9.15. The molecule has 1 nitrogen and oxygen atoms in total. The Labute approximate surface area is 127 Å². The maximum absolute atomic E-state index is 3.60. The molecule has 0 saturated carbocycles. The third-order valence-corrected chi connectivity index (χ3v) is 4.45. The normalized spacial score (nSPS) is 10.9. The zero-order valence-electron chi connectivity index (χ0n) is 12.7. The molecule has 0 bridgehead atoms. The highest BCUT2D eigenvalue weighted by molar-refractivity contribution is 9.10. The van der Waals surface area contributed by atoms with Gasteiger partial charge in [0.05, 0.1) is 0 Å². The summed E-state index contributed by atoms with van der Waals surface area (Å²) < 4.78 is 1.23. The first-order valence-electron chi connectivity index (χ1n) is 7.61. The lowest BCUT2D eigenvalue weighted by Gasteiger charge is -2.09. The maximum atomic E-state index is 3.60. The number of hydrogen-bond acceptors (Lipinski definition) is 1.